The van der Waals surface area contributed by atoms with E-state index in [1.165, 1.54) is 12.2 Å². The summed E-state index contributed by atoms with van der Waals surface area (Å²) in [6, 6.07) is -1.77. The van der Waals surface area contributed by atoms with Gasteiger partial charge in [0.05, 0.1) is 6.10 Å². The van der Waals surface area contributed by atoms with Crippen molar-refractivity contribution in [3.8, 4) is 0 Å². The van der Waals surface area contributed by atoms with E-state index in [2.05, 4.69) is 4.74 Å². The summed E-state index contributed by atoms with van der Waals surface area (Å²) in [7, 11) is 0. The maximum atomic E-state index is 13.9. The van der Waals surface area contributed by atoms with E-state index >= 15 is 0 Å². The van der Waals surface area contributed by atoms with Crippen molar-refractivity contribution in [2.75, 3.05) is 0 Å². The molecule has 11 heteroatoms. The topological polar surface area (TPSA) is 90.9 Å². The van der Waals surface area contributed by atoms with Crippen LogP contribution in [0.2, 0.25) is 0 Å². The standard InChI is InChI=1S/C12H15F4NO6/c1-4-8(22-5(2)18)7(17-11(20)12(14,15)16)9(10(13)21-4)23-6(3)19/h4,7-10H,1-3H3,(H,17,20)/t4-,7+,8+,9+,10?/m0/s1. The average Bonchev–Trinajstić information content (AvgIpc) is 2.36. The average molecular weight is 345 g/mol. The van der Waals surface area contributed by atoms with Crippen molar-refractivity contribution < 1.29 is 46.2 Å². The molecule has 7 nitrogen and oxygen atoms in total. The molecule has 0 bridgehead atoms. The van der Waals surface area contributed by atoms with E-state index in [0.717, 1.165) is 13.8 Å². The molecular weight excluding hydrogens is 330 g/mol. The van der Waals surface area contributed by atoms with Crippen molar-refractivity contribution in [3.63, 3.8) is 0 Å². The lowest BCUT2D eigenvalue weighted by molar-refractivity contribution is -0.240. The maximum Gasteiger partial charge on any atom is 0.471 e. The van der Waals surface area contributed by atoms with Crippen LogP contribution in [-0.4, -0.2) is 54.7 Å². The van der Waals surface area contributed by atoms with Gasteiger partial charge in [0.2, 0.25) is 6.36 Å². The number of hydrogen-bond donors (Lipinski definition) is 1. The van der Waals surface area contributed by atoms with Gasteiger partial charge >= 0.3 is 24.0 Å². The lowest BCUT2D eigenvalue weighted by Gasteiger charge is -2.42. The van der Waals surface area contributed by atoms with Gasteiger partial charge in [-0.05, 0) is 6.92 Å². The maximum absolute atomic E-state index is 13.9. The number of carbonyl (C=O) groups is 3. The predicted molar refractivity (Wildman–Crippen MR) is 64.5 cm³/mol. The van der Waals surface area contributed by atoms with E-state index in [9.17, 15) is 31.9 Å². The minimum atomic E-state index is -5.26. The first kappa shape index (κ1) is 19.1. The lowest BCUT2D eigenvalue weighted by atomic mass is 9.96. The molecule has 1 amide bonds. The van der Waals surface area contributed by atoms with E-state index in [1.54, 1.807) is 0 Å². The summed E-state index contributed by atoms with van der Waals surface area (Å²) >= 11 is 0. The quantitative estimate of drug-likeness (QED) is 0.595. The van der Waals surface area contributed by atoms with Crippen LogP contribution in [0.3, 0.4) is 0 Å². The molecule has 0 aromatic carbocycles. The zero-order valence-electron chi connectivity index (χ0n) is 12.3. The van der Waals surface area contributed by atoms with Crippen molar-refractivity contribution >= 4 is 17.8 Å². The molecule has 1 saturated heterocycles. The van der Waals surface area contributed by atoms with E-state index in [-0.39, 0.29) is 0 Å². The summed E-state index contributed by atoms with van der Waals surface area (Å²) in [5.74, 6) is -4.29. The third-order valence-corrected chi connectivity index (χ3v) is 2.93. The summed E-state index contributed by atoms with van der Waals surface area (Å²) in [5.41, 5.74) is 0. The van der Waals surface area contributed by atoms with Gasteiger partial charge in [0.25, 0.3) is 0 Å². The lowest BCUT2D eigenvalue weighted by Crippen LogP contribution is -2.65. The molecule has 0 radical (unpaired) electrons. The van der Waals surface area contributed by atoms with Crippen LogP contribution in [0.4, 0.5) is 17.6 Å². The largest absolute Gasteiger partial charge is 0.471 e. The molecule has 1 aliphatic rings. The summed E-state index contributed by atoms with van der Waals surface area (Å²) in [5, 5.41) is 1.49. The third-order valence-electron chi connectivity index (χ3n) is 2.93. The highest BCUT2D eigenvalue weighted by molar-refractivity contribution is 5.82. The Morgan fingerprint density at radius 3 is 1.96 bits per heavy atom. The molecule has 5 atom stereocenters. The summed E-state index contributed by atoms with van der Waals surface area (Å²) in [6.45, 7) is 3.10. The minimum Gasteiger partial charge on any atom is -0.457 e. The van der Waals surface area contributed by atoms with E-state index in [4.69, 9.17) is 9.47 Å². The van der Waals surface area contributed by atoms with Gasteiger partial charge in [-0.25, -0.2) is 4.39 Å². The Morgan fingerprint density at radius 2 is 1.52 bits per heavy atom. The molecule has 0 spiro atoms. The Labute approximate surface area is 128 Å². The molecule has 1 rings (SSSR count). The highest BCUT2D eigenvalue weighted by Crippen LogP contribution is 2.28. The smallest absolute Gasteiger partial charge is 0.457 e. The van der Waals surface area contributed by atoms with Crippen LogP contribution >= 0.6 is 0 Å². The van der Waals surface area contributed by atoms with Gasteiger partial charge in [0, 0.05) is 13.8 Å². The SMILES string of the molecule is CC(=O)O[C@H]1[C@@H](NC(=O)C(F)(F)F)[C@@H](OC(C)=O)C(F)O[C@H]1C. The van der Waals surface area contributed by atoms with Crippen molar-refractivity contribution in [2.45, 2.75) is 57.7 Å². The van der Waals surface area contributed by atoms with Crippen LogP contribution in [-0.2, 0) is 28.6 Å². The first-order valence-corrected chi connectivity index (χ1v) is 6.45. The highest BCUT2D eigenvalue weighted by Gasteiger charge is 2.51. The molecule has 1 heterocycles. The third kappa shape index (κ3) is 5.05. The molecule has 1 aliphatic heterocycles. The number of alkyl halides is 4. The second-order valence-electron chi connectivity index (χ2n) is 4.84. The van der Waals surface area contributed by atoms with E-state index in [1.807, 2.05) is 0 Å². The summed E-state index contributed by atoms with van der Waals surface area (Å²) in [6.07, 6.45) is -12.1. The van der Waals surface area contributed by atoms with Crippen LogP contribution < -0.4 is 5.32 Å². The fraction of sp³-hybridized carbons (Fsp3) is 0.750. The van der Waals surface area contributed by atoms with Crippen molar-refractivity contribution in [1.29, 1.82) is 0 Å². The predicted octanol–water partition coefficient (Wildman–Crippen LogP) is 0.611. The van der Waals surface area contributed by atoms with Gasteiger partial charge < -0.3 is 19.5 Å². The fourth-order valence-corrected chi connectivity index (χ4v) is 2.08. The van der Waals surface area contributed by atoms with Gasteiger partial charge in [-0.3, -0.25) is 14.4 Å². The van der Waals surface area contributed by atoms with Crippen molar-refractivity contribution in [3.05, 3.63) is 0 Å². The van der Waals surface area contributed by atoms with E-state index in [0.29, 0.717) is 0 Å². The molecule has 132 valence electrons. The normalized spacial score (nSPS) is 31.2. The molecular formula is C12H15F4NO6. The van der Waals surface area contributed by atoms with Gasteiger partial charge in [0.15, 0.2) is 12.2 Å². The monoisotopic (exact) mass is 345 g/mol. The number of rotatable bonds is 3. The molecule has 1 N–H and O–H groups in total. The summed E-state index contributed by atoms with van der Waals surface area (Å²) < 4.78 is 65.3. The van der Waals surface area contributed by atoms with Gasteiger partial charge in [-0.15, -0.1) is 0 Å². The van der Waals surface area contributed by atoms with Crippen LogP contribution in [0.5, 0.6) is 0 Å². The number of esters is 2. The Morgan fingerprint density at radius 1 is 1.04 bits per heavy atom. The van der Waals surface area contributed by atoms with Gasteiger partial charge in [0.1, 0.15) is 6.04 Å². The molecule has 0 aromatic heterocycles. The van der Waals surface area contributed by atoms with Gasteiger partial charge in [-0.2, -0.15) is 13.2 Å². The second kappa shape index (κ2) is 7.11. The Balaban J connectivity index is 3.12. The van der Waals surface area contributed by atoms with Crippen LogP contribution in [0.15, 0.2) is 0 Å². The Bertz CT molecular complexity index is 455. The van der Waals surface area contributed by atoms with Gasteiger partial charge in [-0.1, -0.05) is 0 Å². The minimum absolute atomic E-state index is 0.893. The highest BCUT2D eigenvalue weighted by atomic mass is 19.4. The molecule has 0 aliphatic carbocycles. The molecule has 0 aromatic rings. The first-order chi connectivity index (χ1) is 10.4. The van der Waals surface area contributed by atoms with Crippen molar-refractivity contribution in [1.82, 2.24) is 5.32 Å². The van der Waals surface area contributed by atoms with E-state index < -0.39 is 54.7 Å². The van der Waals surface area contributed by atoms with Crippen LogP contribution in [0, 0.1) is 0 Å². The fourth-order valence-electron chi connectivity index (χ4n) is 2.08. The molecule has 0 saturated carbocycles. The number of amides is 1. The Hall–Kier alpha value is -1.91. The zero-order valence-corrected chi connectivity index (χ0v) is 12.3. The first-order valence-electron chi connectivity index (χ1n) is 6.45. The molecule has 1 unspecified atom stereocenters. The zero-order chi connectivity index (χ0) is 17.9. The molecule has 23 heavy (non-hydrogen) atoms. The second-order valence-corrected chi connectivity index (χ2v) is 4.84. The Kier molecular flexibility index (Phi) is 5.92. The number of ether oxygens (including phenoxy) is 3. The number of halogens is 4. The number of carbonyl (C=O) groups excluding carboxylic acids is 3. The van der Waals surface area contributed by atoms with Crippen LogP contribution in [0.1, 0.15) is 20.8 Å². The number of nitrogens with one attached hydrogen (secondary N) is 1. The number of hydrogen-bond acceptors (Lipinski definition) is 6. The van der Waals surface area contributed by atoms with Crippen LogP contribution in [0.25, 0.3) is 0 Å². The van der Waals surface area contributed by atoms with Crippen molar-refractivity contribution in [2.24, 2.45) is 0 Å². The molecule has 1 fully saturated rings. The summed E-state index contributed by atoms with van der Waals surface area (Å²) in [4.78, 5) is 33.2.